The SMILES string of the molecule is CCCC(C)n1c(CCl)nc2cc(Br)c(F)cc21. The summed E-state index contributed by atoms with van der Waals surface area (Å²) in [7, 11) is 0. The number of hydrogen-bond acceptors (Lipinski definition) is 1. The Hall–Kier alpha value is -0.610. The Balaban J connectivity index is 2.64. The highest BCUT2D eigenvalue weighted by Crippen LogP contribution is 2.28. The van der Waals surface area contributed by atoms with Gasteiger partial charge in [0, 0.05) is 12.1 Å². The molecule has 0 spiro atoms. The second-order valence-electron chi connectivity index (χ2n) is 4.42. The fraction of sp³-hybridized carbons (Fsp3) is 0.462. The molecule has 1 heterocycles. The van der Waals surface area contributed by atoms with Crippen LogP contribution in [0.25, 0.3) is 11.0 Å². The Kier molecular flexibility index (Phi) is 4.28. The maximum absolute atomic E-state index is 13.7. The quantitative estimate of drug-likeness (QED) is 0.717. The van der Waals surface area contributed by atoms with Crippen molar-refractivity contribution < 1.29 is 4.39 Å². The number of fused-ring (bicyclic) bond motifs is 1. The first kappa shape index (κ1) is 13.8. The Labute approximate surface area is 119 Å². The van der Waals surface area contributed by atoms with Crippen LogP contribution in [0.1, 0.15) is 38.6 Å². The van der Waals surface area contributed by atoms with Crippen LogP contribution >= 0.6 is 27.5 Å². The maximum atomic E-state index is 13.7. The fourth-order valence-corrected chi connectivity index (χ4v) is 2.79. The fourth-order valence-electron chi connectivity index (χ4n) is 2.27. The molecule has 0 saturated carbocycles. The monoisotopic (exact) mass is 332 g/mol. The summed E-state index contributed by atoms with van der Waals surface area (Å²) in [5.41, 5.74) is 1.59. The van der Waals surface area contributed by atoms with Crippen LogP contribution in [0.4, 0.5) is 4.39 Å². The van der Waals surface area contributed by atoms with E-state index in [9.17, 15) is 4.39 Å². The highest BCUT2D eigenvalue weighted by atomic mass is 79.9. The van der Waals surface area contributed by atoms with Gasteiger partial charge in [0.25, 0.3) is 0 Å². The molecule has 1 unspecified atom stereocenters. The lowest BCUT2D eigenvalue weighted by molar-refractivity contribution is 0.499. The van der Waals surface area contributed by atoms with Crippen LogP contribution < -0.4 is 0 Å². The third-order valence-electron chi connectivity index (χ3n) is 3.07. The lowest BCUT2D eigenvalue weighted by Gasteiger charge is -2.16. The van der Waals surface area contributed by atoms with Gasteiger partial charge in [-0.15, -0.1) is 11.6 Å². The number of imidazole rings is 1. The Morgan fingerprint density at radius 2 is 2.22 bits per heavy atom. The number of halogens is 3. The molecule has 1 aromatic carbocycles. The molecule has 1 atom stereocenters. The number of nitrogens with zero attached hydrogens (tertiary/aromatic N) is 2. The summed E-state index contributed by atoms with van der Waals surface area (Å²) in [6.07, 6.45) is 2.09. The predicted molar refractivity (Wildman–Crippen MR) is 76.6 cm³/mol. The molecular weight excluding hydrogens is 319 g/mol. The average Bonchev–Trinajstić information content (AvgIpc) is 2.68. The van der Waals surface area contributed by atoms with Crippen LogP contribution in [0.2, 0.25) is 0 Å². The van der Waals surface area contributed by atoms with Gasteiger partial charge in [0.1, 0.15) is 11.6 Å². The largest absolute Gasteiger partial charge is 0.324 e. The minimum absolute atomic E-state index is 0.270. The Morgan fingerprint density at radius 3 is 2.83 bits per heavy atom. The van der Waals surface area contributed by atoms with Gasteiger partial charge in [-0.2, -0.15) is 0 Å². The van der Waals surface area contributed by atoms with Crippen molar-refractivity contribution in [2.24, 2.45) is 0 Å². The Bertz CT molecular complexity index is 568. The van der Waals surface area contributed by atoms with E-state index in [4.69, 9.17) is 11.6 Å². The van der Waals surface area contributed by atoms with E-state index in [1.165, 1.54) is 6.07 Å². The maximum Gasteiger partial charge on any atom is 0.139 e. The molecule has 0 fully saturated rings. The number of aromatic nitrogens is 2. The van der Waals surface area contributed by atoms with E-state index >= 15 is 0 Å². The summed E-state index contributed by atoms with van der Waals surface area (Å²) in [5, 5.41) is 0. The standard InChI is InChI=1S/C13H15BrClFN2/c1-3-4-8(2)18-12-6-10(16)9(14)5-11(12)17-13(18)7-15/h5-6,8H,3-4,7H2,1-2H3. The van der Waals surface area contributed by atoms with Crippen molar-refractivity contribution >= 4 is 38.6 Å². The molecule has 0 N–H and O–H groups in total. The molecular formula is C13H15BrClFN2. The van der Waals surface area contributed by atoms with Gasteiger partial charge in [0.05, 0.1) is 21.4 Å². The van der Waals surface area contributed by atoms with Crippen molar-refractivity contribution in [3.8, 4) is 0 Å². The second kappa shape index (κ2) is 5.57. The molecule has 0 aliphatic rings. The van der Waals surface area contributed by atoms with Gasteiger partial charge in [-0.3, -0.25) is 0 Å². The number of hydrogen-bond donors (Lipinski definition) is 0. The summed E-state index contributed by atoms with van der Waals surface area (Å²) in [4.78, 5) is 4.47. The summed E-state index contributed by atoms with van der Waals surface area (Å²) in [6, 6.07) is 3.50. The van der Waals surface area contributed by atoms with Gasteiger partial charge in [0.2, 0.25) is 0 Å². The van der Waals surface area contributed by atoms with E-state index in [1.54, 1.807) is 6.07 Å². The third-order valence-corrected chi connectivity index (χ3v) is 3.92. The van der Waals surface area contributed by atoms with Crippen LogP contribution in [-0.4, -0.2) is 9.55 Å². The van der Waals surface area contributed by atoms with E-state index in [0.717, 1.165) is 29.7 Å². The first-order chi connectivity index (χ1) is 8.58. The minimum Gasteiger partial charge on any atom is -0.324 e. The topological polar surface area (TPSA) is 17.8 Å². The molecule has 2 aromatic rings. The third kappa shape index (κ3) is 2.41. The van der Waals surface area contributed by atoms with Crippen molar-refractivity contribution in [2.45, 2.75) is 38.6 Å². The van der Waals surface area contributed by atoms with Crippen LogP contribution in [0.3, 0.4) is 0 Å². The smallest absolute Gasteiger partial charge is 0.139 e. The summed E-state index contributed by atoms with van der Waals surface area (Å²) in [5.74, 6) is 0.862. The molecule has 5 heteroatoms. The van der Waals surface area contributed by atoms with Crippen molar-refractivity contribution in [2.75, 3.05) is 0 Å². The lowest BCUT2D eigenvalue weighted by Crippen LogP contribution is -2.08. The zero-order valence-corrected chi connectivity index (χ0v) is 12.7. The average molecular weight is 334 g/mol. The highest BCUT2D eigenvalue weighted by molar-refractivity contribution is 9.10. The molecule has 2 nitrogen and oxygen atoms in total. The molecule has 0 saturated heterocycles. The van der Waals surface area contributed by atoms with Gasteiger partial charge >= 0.3 is 0 Å². The minimum atomic E-state index is -0.270. The van der Waals surface area contributed by atoms with Crippen LogP contribution in [0.15, 0.2) is 16.6 Å². The second-order valence-corrected chi connectivity index (χ2v) is 5.55. The molecule has 0 amide bonds. The van der Waals surface area contributed by atoms with E-state index < -0.39 is 0 Å². The number of benzene rings is 1. The normalized spacial score (nSPS) is 13.2. The van der Waals surface area contributed by atoms with Crippen molar-refractivity contribution in [3.63, 3.8) is 0 Å². The first-order valence-corrected chi connectivity index (χ1v) is 7.33. The van der Waals surface area contributed by atoms with Crippen molar-refractivity contribution in [3.05, 3.63) is 28.2 Å². The molecule has 1 aromatic heterocycles. The summed E-state index contributed by atoms with van der Waals surface area (Å²) < 4.78 is 16.1. The number of alkyl halides is 1. The Morgan fingerprint density at radius 1 is 1.50 bits per heavy atom. The van der Waals surface area contributed by atoms with Gasteiger partial charge < -0.3 is 4.57 Å². The zero-order chi connectivity index (χ0) is 13.3. The predicted octanol–water partition coefficient (Wildman–Crippen LogP) is 5.04. The van der Waals surface area contributed by atoms with Crippen LogP contribution in [-0.2, 0) is 5.88 Å². The first-order valence-electron chi connectivity index (χ1n) is 6.00. The molecule has 0 radical (unpaired) electrons. The van der Waals surface area contributed by atoms with E-state index in [2.05, 4.69) is 34.8 Å². The molecule has 2 rings (SSSR count). The van der Waals surface area contributed by atoms with Crippen LogP contribution in [0, 0.1) is 5.82 Å². The number of rotatable bonds is 4. The highest BCUT2D eigenvalue weighted by Gasteiger charge is 2.16. The molecule has 0 aliphatic heterocycles. The zero-order valence-electron chi connectivity index (χ0n) is 10.4. The molecule has 98 valence electrons. The summed E-state index contributed by atoms with van der Waals surface area (Å²) in [6.45, 7) is 4.24. The van der Waals surface area contributed by atoms with Gasteiger partial charge in [-0.25, -0.2) is 9.37 Å². The van der Waals surface area contributed by atoms with Gasteiger partial charge in [0.15, 0.2) is 0 Å². The molecule has 18 heavy (non-hydrogen) atoms. The van der Waals surface area contributed by atoms with Crippen molar-refractivity contribution in [1.82, 2.24) is 9.55 Å². The lowest BCUT2D eigenvalue weighted by atomic mass is 10.2. The van der Waals surface area contributed by atoms with Gasteiger partial charge in [-0.05, 0) is 35.3 Å². The van der Waals surface area contributed by atoms with Crippen LogP contribution in [0.5, 0.6) is 0 Å². The van der Waals surface area contributed by atoms with Crippen molar-refractivity contribution in [1.29, 1.82) is 0 Å². The van der Waals surface area contributed by atoms with Gasteiger partial charge in [-0.1, -0.05) is 13.3 Å². The summed E-state index contributed by atoms with van der Waals surface area (Å²) >= 11 is 9.12. The van der Waals surface area contributed by atoms with E-state index in [-0.39, 0.29) is 11.9 Å². The molecule has 0 aliphatic carbocycles. The van der Waals surface area contributed by atoms with E-state index in [1.807, 2.05) is 4.57 Å². The van der Waals surface area contributed by atoms with E-state index in [0.29, 0.717) is 10.4 Å². The molecule has 0 bridgehead atoms.